The Bertz CT molecular complexity index is 1300. The Kier molecular flexibility index (Phi) is 4.63. The summed E-state index contributed by atoms with van der Waals surface area (Å²) in [4.78, 5) is 4.84. The van der Waals surface area contributed by atoms with Crippen molar-refractivity contribution in [3.05, 3.63) is 145 Å². The van der Waals surface area contributed by atoms with Gasteiger partial charge in [0.05, 0.1) is 5.69 Å². The summed E-state index contributed by atoms with van der Waals surface area (Å²) in [6.45, 7) is -2.19. The van der Waals surface area contributed by atoms with E-state index in [1.807, 2.05) is 6.20 Å². The van der Waals surface area contributed by atoms with E-state index < -0.39 is 6.89 Å². The van der Waals surface area contributed by atoms with Gasteiger partial charge in [-0.25, -0.2) is 0 Å². The number of nitrogens with zero attached hydrogens (tertiary/aromatic N) is 1. The van der Waals surface area contributed by atoms with E-state index in [0.29, 0.717) is 0 Å². The Morgan fingerprint density at radius 1 is 0.406 bits per heavy atom. The molecule has 2 heteroatoms. The van der Waals surface area contributed by atoms with E-state index in [4.69, 9.17) is 4.98 Å². The first kappa shape index (κ1) is 19.0. The van der Waals surface area contributed by atoms with Gasteiger partial charge in [0.2, 0.25) is 0 Å². The lowest BCUT2D eigenvalue weighted by atomic mass is 10.1. The zero-order valence-electron chi connectivity index (χ0n) is 17.6. The first-order valence-electron chi connectivity index (χ1n) is 10.9. The maximum Gasteiger partial charge on any atom is 0.0787 e. The Morgan fingerprint density at radius 3 is 1.38 bits per heavy atom. The number of hydrogen-bond donors (Lipinski definition) is 0. The predicted molar refractivity (Wildman–Crippen MR) is 138 cm³/mol. The number of benzene rings is 4. The number of pyridine rings is 1. The highest BCUT2D eigenvalue weighted by atomic mass is 31.2. The standard InChI is InChI=1S/C30H22NP/c1-4-13-23(14-5-1)32(24-15-6-2-7-16-24,25-17-8-3-9-18-25)30-27-20-11-10-19-26(27)29-28(30)21-12-22-31-29/h1-22H. The molecule has 32 heavy (non-hydrogen) atoms. The van der Waals surface area contributed by atoms with E-state index in [1.165, 1.54) is 37.9 Å². The van der Waals surface area contributed by atoms with Crippen LogP contribution in [0.5, 0.6) is 0 Å². The average molecular weight is 427 g/mol. The summed E-state index contributed by atoms with van der Waals surface area (Å²) < 4.78 is 0. The van der Waals surface area contributed by atoms with Crippen molar-refractivity contribution in [3.63, 3.8) is 0 Å². The van der Waals surface area contributed by atoms with Gasteiger partial charge in [0.15, 0.2) is 0 Å². The van der Waals surface area contributed by atoms with Crippen molar-refractivity contribution in [2.24, 2.45) is 0 Å². The average Bonchev–Trinajstić information content (AvgIpc) is 3.22. The van der Waals surface area contributed by atoms with Gasteiger partial charge >= 0.3 is 0 Å². The van der Waals surface area contributed by atoms with Crippen LogP contribution in [-0.2, 0) is 0 Å². The van der Waals surface area contributed by atoms with Gasteiger partial charge in [0, 0.05) is 22.6 Å². The van der Waals surface area contributed by atoms with E-state index in [9.17, 15) is 0 Å². The largest absolute Gasteiger partial charge is 0.256 e. The summed E-state index contributed by atoms with van der Waals surface area (Å²) in [5.41, 5.74) is 4.86. The SMILES string of the molecule is c1ccc(P(=C2c3ccccc3-c3ncccc32)(c2ccccc2)c2ccccc2)cc1. The van der Waals surface area contributed by atoms with Gasteiger partial charge in [-0.15, -0.1) is 0 Å². The first-order valence-corrected chi connectivity index (χ1v) is 12.7. The van der Waals surface area contributed by atoms with Crippen LogP contribution < -0.4 is 15.9 Å². The Balaban J connectivity index is 1.93. The van der Waals surface area contributed by atoms with Crippen molar-refractivity contribution in [2.75, 3.05) is 0 Å². The van der Waals surface area contributed by atoms with Crippen molar-refractivity contribution in [1.29, 1.82) is 0 Å². The Morgan fingerprint density at radius 2 is 0.844 bits per heavy atom. The summed E-state index contributed by atoms with van der Waals surface area (Å²) >= 11 is 0. The number of fused-ring (bicyclic) bond motifs is 3. The van der Waals surface area contributed by atoms with Crippen LogP contribution in [0, 0.1) is 0 Å². The Labute approximate surface area is 189 Å². The molecule has 1 aliphatic carbocycles. The van der Waals surface area contributed by atoms with Crippen LogP contribution in [0.2, 0.25) is 0 Å². The molecular weight excluding hydrogens is 405 g/mol. The molecule has 0 aliphatic heterocycles. The number of hydrogen-bond acceptors (Lipinski definition) is 1. The molecule has 0 radical (unpaired) electrons. The maximum absolute atomic E-state index is 4.84. The van der Waals surface area contributed by atoms with E-state index >= 15 is 0 Å². The van der Waals surface area contributed by atoms with Gasteiger partial charge in [0.1, 0.15) is 0 Å². The third kappa shape index (κ3) is 2.75. The minimum Gasteiger partial charge on any atom is -0.256 e. The van der Waals surface area contributed by atoms with Gasteiger partial charge in [-0.1, -0.05) is 121 Å². The van der Waals surface area contributed by atoms with Gasteiger partial charge < -0.3 is 0 Å². The van der Waals surface area contributed by atoms with Crippen molar-refractivity contribution < 1.29 is 0 Å². The molecule has 6 rings (SSSR count). The molecular formula is C30H22NP. The van der Waals surface area contributed by atoms with Crippen LogP contribution >= 0.6 is 6.89 Å². The van der Waals surface area contributed by atoms with Crippen molar-refractivity contribution >= 4 is 28.1 Å². The fourth-order valence-electron chi connectivity index (χ4n) is 5.00. The lowest BCUT2D eigenvalue weighted by molar-refractivity contribution is 1.33. The maximum atomic E-state index is 4.84. The lowest BCUT2D eigenvalue weighted by Gasteiger charge is -2.32. The third-order valence-corrected chi connectivity index (χ3v) is 10.6. The highest BCUT2D eigenvalue weighted by Crippen LogP contribution is 2.53. The fourth-order valence-corrected chi connectivity index (χ4v) is 9.63. The van der Waals surface area contributed by atoms with Crippen LogP contribution in [-0.4, -0.2) is 10.3 Å². The third-order valence-electron chi connectivity index (χ3n) is 6.27. The highest BCUT2D eigenvalue weighted by molar-refractivity contribution is 7.96. The smallest absolute Gasteiger partial charge is 0.0787 e. The second-order valence-electron chi connectivity index (χ2n) is 7.97. The molecule has 1 aliphatic rings. The quantitative estimate of drug-likeness (QED) is 0.334. The molecule has 1 heterocycles. The molecule has 152 valence electrons. The van der Waals surface area contributed by atoms with Crippen molar-refractivity contribution in [3.8, 4) is 11.3 Å². The first-order chi connectivity index (χ1) is 15.9. The zero-order valence-corrected chi connectivity index (χ0v) is 18.5. The summed E-state index contributed by atoms with van der Waals surface area (Å²) in [5.74, 6) is 0. The summed E-state index contributed by atoms with van der Waals surface area (Å²) in [6, 6.07) is 46.2. The molecule has 0 saturated heterocycles. The predicted octanol–water partition coefficient (Wildman–Crippen LogP) is 5.62. The minimum atomic E-state index is -2.19. The number of rotatable bonds is 3. The van der Waals surface area contributed by atoms with E-state index in [1.54, 1.807) is 0 Å². The molecule has 0 N–H and O–H groups in total. The van der Waals surface area contributed by atoms with E-state index in [-0.39, 0.29) is 0 Å². The van der Waals surface area contributed by atoms with Gasteiger partial charge in [-0.05, 0) is 34.4 Å². The number of aromatic nitrogens is 1. The second-order valence-corrected chi connectivity index (χ2v) is 11.3. The van der Waals surface area contributed by atoms with Gasteiger partial charge in [0.25, 0.3) is 0 Å². The molecule has 0 bridgehead atoms. The molecule has 0 saturated carbocycles. The van der Waals surface area contributed by atoms with Gasteiger partial charge in [-0.2, -0.15) is 0 Å². The summed E-state index contributed by atoms with van der Waals surface area (Å²) in [6.07, 6.45) is 1.91. The molecule has 5 aromatic rings. The molecule has 0 atom stereocenters. The summed E-state index contributed by atoms with van der Waals surface area (Å²) in [5, 5.41) is 5.48. The van der Waals surface area contributed by atoms with Crippen LogP contribution in [0.1, 0.15) is 11.1 Å². The normalized spacial score (nSPS) is 12.3. The fraction of sp³-hybridized carbons (Fsp3) is 0. The second kappa shape index (κ2) is 7.79. The molecule has 0 spiro atoms. The van der Waals surface area contributed by atoms with E-state index in [2.05, 4.69) is 127 Å². The van der Waals surface area contributed by atoms with Crippen LogP contribution in [0.4, 0.5) is 0 Å². The van der Waals surface area contributed by atoms with E-state index in [0.717, 1.165) is 5.69 Å². The van der Waals surface area contributed by atoms with Crippen molar-refractivity contribution in [1.82, 2.24) is 4.98 Å². The van der Waals surface area contributed by atoms with Crippen LogP contribution in [0.3, 0.4) is 0 Å². The summed E-state index contributed by atoms with van der Waals surface area (Å²) in [7, 11) is 0. The monoisotopic (exact) mass is 427 g/mol. The van der Waals surface area contributed by atoms with Crippen molar-refractivity contribution in [2.45, 2.75) is 0 Å². The Hall–Kier alpha value is -3.67. The van der Waals surface area contributed by atoms with Crippen LogP contribution in [0.15, 0.2) is 134 Å². The zero-order chi connectivity index (χ0) is 21.4. The van der Waals surface area contributed by atoms with Gasteiger partial charge in [-0.3, -0.25) is 4.98 Å². The molecule has 1 nitrogen and oxygen atoms in total. The highest BCUT2D eigenvalue weighted by Gasteiger charge is 2.36. The molecule has 0 unspecified atom stereocenters. The molecule has 0 fully saturated rings. The lowest BCUT2D eigenvalue weighted by Crippen LogP contribution is -2.30. The topological polar surface area (TPSA) is 12.9 Å². The van der Waals surface area contributed by atoms with Crippen LogP contribution in [0.25, 0.3) is 11.3 Å². The molecule has 4 aromatic carbocycles. The molecule has 1 aromatic heterocycles. The molecule has 0 amide bonds. The minimum absolute atomic E-state index is 1.09.